The van der Waals surface area contributed by atoms with E-state index in [9.17, 15) is 14.4 Å². The Morgan fingerprint density at radius 2 is 1.75 bits per heavy atom. The van der Waals surface area contributed by atoms with Crippen LogP contribution in [0, 0.1) is 0 Å². The fraction of sp³-hybridized carbons (Fsp3) is 0.526. The van der Waals surface area contributed by atoms with E-state index in [1.165, 1.54) is 30.0 Å². The number of thiophene rings is 1. The molecule has 152 valence electrons. The van der Waals surface area contributed by atoms with Gasteiger partial charge in [0.15, 0.2) is 10.9 Å². The van der Waals surface area contributed by atoms with Crippen LogP contribution in [0.1, 0.15) is 62.0 Å². The summed E-state index contributed by atoms with van der Waals surface area (Å²) in [5, 5.41) is 8.73. The number of ketones is 1. The van der Waals surface area contributed by atoms with Crippen LogP contribution < -0.4 is 0 Å². The van der Waals surface area contributed by atoms with Gasteiger partial charge in [0, 0.05) is 24.0 Å². The summed E-state index contributed by atoms with van der Waals surface area (Å²) >= 11 is 2.47. The second kappa shape index (κ2) is 8.94. The maximum Gasteiger partial charge on any atom is 0.491 e. The minimum atomic E-state index is -0.991. The Labute approximate surface area is 173 Å². The van der Waals surface area contributed by atoms with Gasteiger partial charge in [0.05, 0.1) is 22.5 Å². The van der Waals surface area contributed by atoms with E-state index in [-0.39, 0.29) is 23.7 Å². The van der Waals surface area contributed by atoms with E-state index < -0.39 is 24.3 Å². The van der Waals surface area contributed by atoms with Gasteiger partial charge in [-0.2, -0.15) is 0 Å². The minimum Gasteiger partial charge on any atom is -0.481 e. The number of hydrogen-bond donors (Lipinski definition) is 1. The number of carbonyl (C=O) groups excluding carboxylic acids is 2. The third-order valence-electron chi connectivity index (χ3n) is 4.79. The van der Waals surface area contributed by atoms with Crippen molar-refractivity contribution in [1.29, 1.82) is 0 Å². The van der Waals surface area contributed by atoms with Crippen LogP contribution in [0.2, 0.25) is 0 Å². The molecule has 1 N–H and O–H groups in total. The number of carboxylic acids is 1. The predicted octanol–water partition coefficient (Wildman–Crippen LogP) is 4.09. The Morgan fingerprint density at radius 1 is 1.14 bits per heavy atom. The van der Waals surface area contributed by atoms with Crippen LogP contribution in [-0.2, 0) is 18.9 Å². The van der Waals surface area contributed by atoms with E-state index in [0.717, 1.165) is 10.3 Å². The summed E-state index contributed by atoms with van der Waals surface area (Å²) in [6.45, 7) is 9.37. The van der Waals surface area contributed by atoms with Gasteiger partial charge in [-0.05, 0) is 51.4 Å². The molecule has 28 heavy (non-hydrogen) atoms. The maximum absolute atomic E-state index is 12.1. The molecule has 1 aliphatic heterocycles. The Hall–Kier alpha value is -1.42. The Bertz CT molecular complexity index is 780. The quantitative estimate of drug-likeness (QED) is 0.497. The summed E-state index contributed by atoms with van der Waals surface area (Å²) in [6.07, 6.45) is 1.68. The highest BCUT2D eigenvalue weighted by Gasteiger charge is 2.52. The zero-order chi connectivity index (χ0) is 21.1. The standard InChI is InChI=1S/C19H25BO6S2/c1-12(21)27-11-13(20-25-18(2,3)19(4,5)26-20)10-14-6-8-16(28-14)15(22)7-9-17(23)24/h6,8,10H,7,9,11H2,1-5H3,(H,23,24). The van der Waals surface area contributed by atoms with Crippen molar-refractivity contribution >= 4 is 53.2 Å². The molecule has 9 heteroatoms. The van der Waals surface area contributed by atoms with Crippen molar-refractivity contribution in [3.63, 3.8) is 0 Å². The van der Waals surface area contributed by atoms with Crippen molar-refractivity contribution < 1.29 is 28.8 Å². The minimum absolute atomic E-state index is 0.00173. The number of carboxylic acid groups (broad SMARTS) is 1. The van der Waals surface area contributed by atoms with Crippen molar-refractivity contribution in [1.82, 2.24) is 0 Å². The van der Waals surface area contributed by atoms with Gasteiger partial charge >= 0.3 is 13.1 Å². The number of aliphatic carboxylic acids is 1. The molecule has 1 saturated heterocycles. The molecule has 2 rings (SSSR count). The van der Waals surface area contributed by atoms with Crippen LogP contribution in [0.25, 0.3) is 6.08 Å². The summed E-state index contributed by atoms with van der Waals surface area (Å²) in [5.41, 5.74) is -0.180. The first-order valence-electron chi connectivity index (χ1n) is 8.95. The van der Waals surface area contributed by atoms with Crippen molar-refractivity contribution in [2.45, 2.75) is 58.7 Å². The molecule has 0 unspecified atom stereocenters. The molecule has 0 aliphatic carbocycles. The van der Waals surface area contributed by atoms with E-state index in [4.69, 9.17) is 14.4 Å². The largest absolute Gasteiger partial charge is 0.491 e. The van der Waals surface area contributed by atoms with E-state index in [1.54, 1.807) is 6.07 Å². The van der Waals surface area contributed by atoms with E-state index in [1.807, 2.05) is 39.8 Å². The lowest BCUT2D eigenvalue weighted by Gasteiger charge is -2.32. The molecule has 1 fully saturated rings. The highest BCUT2D eigenvalue weighted by atomic mass is 32.2. The number of carbonyl (C=O) groups is 3. The summed E-state index contributed by atoms with van der Waals surface area (Å²) in [5.74, 6) is -0.761. The van der Waals surface area contributed by atoms with Gasteiger partial charge in [-0.25, -0.2) is 0 Å². The van der Waals surface area contributed by atoms with Crippen LogP contribution in [-0.4, -0.2) is 46.0 Å². The normalized spacial score (nSPS) is 18.3. The van der Waals surface area contributed by atoms with Gasteiger partial charge in [0.1, 0.15) is 0 Å². The Kier molecular flexibility index (Phi) is 7.30. The molecule has 1 aliphatic rings. The van der Waals surface area contributed by atoms with Crippen molar-refractivity contribution in [3.8, 4) is 0 Å². The van der Waals surface area contributed by atoms with Gasteiger partial charge < -0.3 is 14.4 Å². The van der Waals surface area contributed by atoms with Crippen LogP contribution >= 0.6 is 23.1 Å². The average molecular weight is 424 g/mol. The van der Waals surface area contributed by atoms with Gasteiger partial charge in [0.25, 0.3) is 0 Å². The third-order valence-corrected chi connectivity index (χ3v) is 6.75. The predicted molar refractivity (Wildman–Crippen MR) is 113 cm³/mol. The molecule has 6 nitrogen and oxygen atoms in total. The van der Waals surface area contributed by atoms with Crippen LogP contribution in [0.5, 0.6) is 0 Å². The number of hydrogen-bond acceptors (Lipinski definition) is 7. The maximum atomic E-state index is 12.1. The Morgan fingerprint density at radius 3 is 2.29 bits per heavy atom. The first-order chi connectivity index (χ1) is 12.9. The molecule has 1 aromatic rings. The lowest BCUT2D eigenvalue weighted by atomic mass is 9.79. The molecule has 0 spiro atoms. The summed E-state index contributed by atoms with van der Waals surface area (Å²) in [4.78, 5) is 35.6. The SMILES string of the molecule is CC(=O)SCC(=Cc1ccc(C(=O)CCC(=O)O)s1)B1OC(C)(C)C(C)(C)O1. The number of Topliss-reactive ketones (excluding diaryl/α,β-unsaturated/α-hetero) is 1. The summed E-state index contributed by atoms with van der Waals surface area (Å²) in [6, 6.07) is 3.50. The van der Waals surface area contributed by atoms with Gasteiger partial charge in [-0.1, -0.05) is 11.8 Å². The van der Waals surface area contributed by atoms with Gasteiger partial charge in [-0.15, -0.1) is 11.3 Å². The molecule has 1 aromatic heterocycles. The molecular formula is C19H25BO6S2. The van der Waals surface area contributed by atoms with E-state index in [2.05, 4.69) is 0 Å². The Balaban J connectivity index is 2.22. The van der Waals surface area contributed by atoms with Crippen molar-refractivity contribution in [2.24, 2.45) is 0 Å². The average Bonchev–Trinajstić information content (AvgIpc) is 3.11. The summed E-state index contributed by atoms with van der Waals surface area (Å²) < 4.78 is 12.2. The van der Waals surface area contributed by atoms with Gasteiger partial charge in [-0.3, -0.25) is 14.4 Å². The smallest absolute Gasteiger partial charge is 0.481 e. The molecule has 0 bridgehead atoms. The van der Waals surface area contributed by atoms with Crippen LogP contribution in [0.15, 0.2) is 17.6 Å². The first-order valence-corrected chi connectivity index (χ1v) is 10.8. The van der Waals surface area contributed by atoms with Crippen molar-refractivity contribution in [2.75, 3.05) is 5.75 Å². The molecular weight excluding hydrogens is 399 g/mol. The fourth-order valence-electron chi connectivity index (χ4n) is 2.46. The second-order valence-electron chi connectivity index (χ2n) is 7.61. The number of thioether (sulfide) groups is 1. The summed E-state index contributed by atoms with van der Waals surface area (Å²) in [7, 11) is -0.579. The van der Waals surface area contributed by atoms with Crippen molar-refractivity contribution in [3.05, 3.63) is 27.4 Å². The topological polar surface area (TPSA) is 89.9 Å². The highest BCUT2D eigenvalue weighted by Crippen LogP contribution is 2.39. The second-order valence-corrected chi connectivity index (χ2v) is 9.87. The zero-order valence-electron chi connectivity index (χ0n) is 16.7. The van der Waals surface area contributed by atoms with Crippen LogP contribution in [0.3, 0.4) is 0 Å². The first kappa shape index (κ1) is 22.9. The van der Waals surface area contributed by atoms with Gasteiger partial charge in [0.2, 0.25) is 0 Å². The van der Waals surface area contributed by atoms with E-state index >= 15 is 0 Å². The lowest BCUT2D eigenvalue weighted by molar-refractivity contribution is -0.137. The molecule has 0 radical (unpaired) electrons. The highest BCUT2D eigenvalue weighted by molar-refractivity contribution is 8.13. The molecule has 0 saturated carbocycles. The molecule has 0 atom stereocenters. The molecule has 0 amide bonds. The zero-order valence-corrected chi connectivity index (χ0v) is 18.4. The lowest BCUT2D eigenvalue weighted by Crippen LogP contribution is -2.41. The molecule has 2 heterocycles. The van der Waals surface area contributed by atoms with E-state index in [0.29, 0.717) is 10.6 Å². The van der Waals surface area contributed by atoms with Crippen LogP contribution in [0.4, 0.5) is 0 Å². The third kappa shape index (κ3) is 5.79. The molecule has 0 aromatic carbocycles. The fourth-order valence-corrected chi connectivity index (χ4v) is 4.01. The monoisotopic (exact) mass is 424 g/mol. The number of rotatable bonds is 8.